The summed E-state index contributed by atoms with van der Waals surface area (Å²) in [5, 5.41) is 0. The van der Waals surface area contributed by atoms with Crippen molar-refractivity contribution in [2.24, 2.45) is 5.92 Å². The van der Waals surface area contributed by atoms with E-state index in [1.807, 2.05) is 0 Å². The average Bonchev–Trinajstić information content (AvgIpc) is 2.44. The van der Waals surface area contributed by atoms with Crippen molar-refractivity contribution >= 4 is 5.78 Å². The van der Waals surface area contributed by atoms with Crippen LogP contribution in [0.25, 0.3) is 0 Å². The van der Waals surface area contributed by atoms with Gasteiger partial charge in [-0.2, -0.15) is 0 Å². The SMILES string of the molecule is COCC(C)CN1C2CCC1CC(=O)C2. The summed E-state index contributed by atoms with van der Waals surface area (Å²) in [6.45, 7) is 4.14. The molecule has 3 nitrogen and oxygen atoms in total. The second-order valence-corrected chi connectivity index (χ2v) is 5.09. The minimum absolute atomic E-state index is 0.471. The Kier molecular flexibility index (Phi) is 3.42. The molecule has 0 radical (unpaired) electrons. The van der Waals surface area contributed by atoms with Crippen LogP contribution >= 0.6 is 0 Å². The quantitative estimate of drug-likeness (QED) is 0.705. The Morgan fingerprint density at radius 3 is 2.53 bits per heavy atom. The number of carbonyl (C=O) groups excluding carboxylic acids is 1. The van der Waals surface area contributed by atoms with Gasteiger partial charge in [0, 0.05) is 45.2 Å². The van der Waals surface area contributed by atoms with Gasteiger partial charge in [0.2, 0.25) is 0 Å². The standard InChI is InChI=1S/C12H21NO2/c1-9(8-15-2)7-13-10-3-4-11(13)6-12(14)5-10/h9-11H,3-8H2,1-2H3. The molecule has 0 saturated carbocycles. The summed E-state index contributed by atoms with van der Waals surface area (Å²) in [6, 6.07) is 1.08. The van der Waals surface area contributed by atoms with E-state index in [9.17, 15) is 4.79 Å². The minimum Gasteiger partial charge on any atom is -0.384 e. The highest BCUT2D eigenvalue weighted by Crippen LogP contribution is 2.34. The molecule has 2 heterocycles. The molecule has 86 valence electrons. The number of piperidine rings is 1. The molecule has 2 bridgehead atoms. The Hall–Kier alpha value is -0.410. The predicted octanol–water partition coefficient (Wildman–Crippen LogP) is 1.46. The number of hydrogen-bond acceptors (Lipinski definition) is 3. The zero-order valence-corrected chi connectivity index (χ0v) is 9.74. The Morgan fingerprint density at radius 2 is 2.00 bits per heavy atom. The predicted molar refractivity (Wildman–Crippen MR) is 58.8 cm³/mol. The van der Waals surface area contributed by atoms with E-state index in [4.69, 9.17) is 4.74 Å². The minimum atomic E-state index is 0.471. The third-order valence-corrected chi connectivity index (χ3v) is 3.67. The van der Waals surface area contributed by atoms with E-state index < -0.39 is 0 Å². The van der Waals surface area contributed by atoms with Gasteiger partial charge in [-0.15, -0.1) is 0 Å². The van der Waals surface area contributed by atoms with Crippen molar-refractivity contribution in [3.05, 3.63) is 0 Å². The highest BCUT2D eigenvalue weighted by Gasteiger charge is 2.40. The van der Waals surface area contributed by atoms with Gasteiger partial charge >= 0.3 is 0 Å². The first kappa shape index (κ1) is 11.1. The highest BCUT2D eigenvalue weighted by atomic mass is 16.5. The van der Waals surface area contributed by atoms with Crippen LogP contribution in [0.1, 0.15) is 32.6 Å². The lowest BCUT2D eigenvalue weighted by Gasteiger charge is -2.35. The molecular formula is C12H21NO2. The monoisotopic (exact) mass is 211 g/mol. The summed E-state index contributed by atoms with van der Waals surface area (Å²) in [5.41, 5.74) is 0. The first-order valence-electron chi connectivity index (χ1n) is 5.97. The van der Waals surface area contributed by atoms with Crippen LogP contribution in [0.2, 0.25) is 0 Å². The number of methoxy groups -OCH3 is 1. The fourth-order valence-corrected chi connectivity index (χ4v) is 3.06. The molecule has 0 spiro atoms. The maximum Gasteiger partial charge on any atom is 0.136 e. The Morgan fingerprint density at radius 1 is 1.40 bits per heavy atom. The van der Waals surface area contributed by atoms with Crippen molar-refractivity contribution in [1.29, 1.82) is 0 Å². The number of Topliss-reactive ketones (excluding diaryl/α,β-unsaturated/α-hetero) is 1. The van der Waals surface area contributed by atoms with Gasteiger partial charge in [-0.05, 0) is 18.8 Å². The summed E-state index contributed by atoms with van der Waals surface area (Å²) in [7, 11) is 1.75. The second-order valence-electron chi connectivity index (χ2n) is 5.09. The van der Waals surface area contributed by atoms with Crippen molar-refractivity contribution < 1.29 is 9.53 Å². The Bertz CT molecular complexity index is 226. The van der Waals surface area contributed by atoms with Crippen molar-refractivity contribution in [2.75, 3.05) is 20.3 Å². The molecular weight excluding hydrogens is 190 g/mol. The van der Waals surface area contributed by atoms with Gasteiger partial charge in [-0.25, -0.2) is 0 Å². The van der Waals surface area contributed by atoms with Gasteiger partial charge in [0.15, 0.2) is 0 Å². The fourth-order valence-electron chi connectivity index (χ4n) is 3.06. The van der Waals surface area contributed by atoms with Crippen molar-refractivity contribution in [2.45, 2.75) is 44.7 Å². The van der Waals surface area contributed by atoms with E-state index in [2.05, 4.69) is 11.8 Å². The van der Waals surface area contributed by atoms with E-state index >= 15 is 0 Å². The summed E-state index contributed by atoms with van der Waals surface area (Å²) < 4.78 is 5.16. The first-order valence-corrected chi connectivity index (χ1v) is 5.97. The second kappa shape index (κ2) is 4.62. The van der Waals surface area contributed by atoms with Crippen LogP contribution in [0.4, 0.5) is 0 Å². The highest BCUT2D eigenvalue weighted by molar-refractivity contribution is 5.80. The van der Waals surface area contributed by atoms with Crippen LogP contribution in [0.5, 0.6) is 0 Å². The summed E-state index contributed by atoms with van der Waals surface area (Å²) >= 11 is 0. The number of nitrogens with zero attached hydrogens (tertiary/aromatic N) is 1. The molecule has 2 aliphatic heterocycles. The van der Waals surface area contributed by atoms with Gasteiger partial charge in [-0.3, -0.25) is 9.69 Å². The topological polar surface area (TPSA) is 29.5 Å². The zero-order valence-electron chi connectivity index (χ0n) is 9.74. The lowest BCUT2D eigenvalue weighted by molar-refractivity contribution is -0.123. The largest absolute Gasteiger partial charge is 0.384 e. The van der Waals surface area contributed by atoms with E-state index in [1.54, 1.807) is 7.11 Å². The summed E-state index contributed by atoms with van der Waals surface area (Å²) in [6.07, 6.45) is 4.01. The van der Waals surface area contributed by atoms with E-state index in [1.165, 1.54) is 12.8 Å². The molecule has 0 aromatic heterocycles. The summed E-state index contributed by atoms with van der Waals surface area (Å²) in [5.74, 6) is 1.05. The molecule has 2 fully saturated rings. The number of rotatable bonds is 4. The van der Waals surface area contributed by atoms with Crippen molar-refractivity contribution in [1.82, 2.24) is 4.90 Å². The van der Waals surface area contributed by atoms with Crippen LogP contribution < -0.4 is 0 Å². The van der Waals surface area contributed by atoms with E-state index in [0.29, 0.717) is 23.8 Å². The number of hydrogen-bond donors (Lipinski definition) is 0. The van der Waals surface area contributed by atoms with E-state index in [0.717, 1.165) is 26.0 Å². The molecule has 2 rings (SSSR count). The van der Waals surface area contributed by atoms with Crippen LogP contribution in [0, 0.1) is 5.92 Å². The molecule has 2 saturated heterocycles. The van der Waals surface area contributed by atoms with Gasteiger partial charge < -0.3 is 4.74 Å². The smallest absolute Gasteiger partial charge is 0.136 e. The summed E-state index contributed by atoms with van der Waals surface area (Å²) in [4.78, 5) is 14.0. The van der Waals surface area contributed by atoms with Gasteiger partial charge in [0.1, 0.15) is 5.78 Å². The maximum absolute atomic E-state index is 11.4. The normalized spacial score (nSPS) is 33.3. The molecule has 0 aromatic carbocycles. The average molecular weight is 211 g/mol. The molecule has 0 amide bonds. The van der Waals surface area contributed by atoms with E-state index in [-0.39, 0.29) is 0 Å². The van der Waals surface area contributed by atoms with Crippen molar-refractivity contribution in [3.8, 4) is 0 Å². The van der Waals surface area contributed by atoms with Crippen LogP contribution in [-0.4, -0.2) is 43.0 Å². The zero-order chi connectivity index (χ0) is 10.8. The molecule has 3 unspecified atom stereocenters. The molecule has 3 atom stereocenters. The maximum atomic E-state index is 11.4. The number of ether oxygens (including phenoxy) is 1. The van der Waals surface area contributed by atoms with Crippen LogP contribution in [0.3, 0.4) is 0 Å². The van der Waals surface area contributed by atoms with Gasteiger partial charge in [0.25, 0.3) is 0 Å². The third-order valence-electron chi connectivity index (χ3n) is 3.67. The Balaban J connectivity index is 1.90. The molecule has 0 aromatic rings. The molecule has 15 heavy (non-hydrogen) atoms. The number of carbonyl (C=O) groups is 1. The van der Waals surface area contributed by atoms with Crippen LogP contribution in [-0.2, 0) is 9.53 Å². The lowest BCUT2D eigenvalue weighted by Crippen LogP contribution is -2.45. The van der Waals surface area contributed by atoms with Gasteiger partial charge in [-0.1, -0.05) is 6.92 Å². The number of ketones is 1. The molecule has 0 N–H and O–H groups in total. The van der Waals surface area contributed by atoms with Crippen molar-refractivity contribution in [3.63, 3.8) is 0 Å². The van der Waals surface area contributed by atoms with Gasteiger partial charge in [0.05, 0.1) is 0 Å². The molecule has 3 heteroatoms. The molecule has 2 aliphatic rings. The Labute approximate surface area is 91.8 Å². The fraction of sp³-hybridized carbons (Fsp3) is 0.917. The van der Waals surface area contributed by atoms with Crippen LogP contribution in [0.15, 0.2) is 0 Å². The number of fused-ring (bicyclic) bond motifs is 2. The first-order chi connectivity index (χ1) is 7.20. The molecule has 0 aliphatic carbocycles. The third kappa shape index (κ3) is 2.40. The lowest BCUT2D eigenvalue weighted by atomic mass is 10.00.